The van der Waals surface area contributed by atoms with Gasteiger partial charge < -0.3 is 11.1 Å². The van der Waals surface area contributed by atoms with Gasteiger partial charge in [-0.3, -0.25) is 4.79 Å². The van der Waals surface area contributed by atoms with Gasteiger partial charge in [0.25, 0.3) is 0 Å². The van der Waals surface area contributed by atoms with Gasteiger partial charge in [-0.2, -0.15) is 0 Å². The highest BCUT2D eigenvalue weighted by Gasteiger charge is 2.08. The summed E-state index contributed by atoms with van der Waals surface area (Å²) in [5, 5.41) is 2.68. The van der Waals surface area contributed by atoms with Crippen LogP contribution in [-0.4, -0.2) is 40.2 Å². The van der Waals surface area contributed by atoms with Crippen LogP contribution in [0.15, 0.2) is 0 Å². The molecule has 0 radical (unpaired) electrons. The van der Waals surface area contributed by atoms with Crippen molar-refractivity contribution in [2.45, 2.75) is 32.6 Å². The number of nitrogens with one attached hydrogen (secondary N) is 2. The first-order valence-corrected chi connectivity index (χ1v) is 8.19. The second kappa shape index (κ2) is 9.29. The number of carbonyl (C=O) groups excluding carboxylic acids is 1. The molecule has 0 spiro atoms. The summed E-state index contributed by atoms with van der Waals surface area (Å²) in [6, 6.07) is 0. The number of nitrogens with two attached hydrogens (primary N) is 1. The van der Waals surface area contributed by atoms with Gasteiger partial charge >= 0.3 is 0 Å². The number of hydrogen-bond donors (Lipinski definition) is 3. The Morgan fingerprint density at radius 2 is 1.94 bits per heavy atom. The van der Waals surface area contributed by atoms with Crippen LogP contribution < -0.4 is 15.8 Å². The van der Waals surface area contributed by atoms with Crippen molar-refractivity contribution in [2.75, 3.05) is 25.9 Å². The third-order valence-corrected chi connectivity index (χ3v) is 3.47. The second-order valence-corrected chi connectivity index (χ2v) is 6.24. The van der Waals surface area contributed by atoms with Crippen molar-refractivity contribution in [3.8, 4) is 0 Å². The Hall–Kier alpha value is -0.660. The topological polar surface area (TPSA) is 101 Å². The Balaban J connectivity index is 3.65. The summed E-state index contributed by atoms with van der Waals surface area (Å²) >= 11 is 0. The van der Waals surface area contributed by atoms with Gasteiger partial charge in [-0.25, -0.2) is 13.1 Å². The average molecular weight is 279 g/mol. The van der Waals surface area contributed by atoms with E-state index in [9.17, 15) is 13.2 Å². The lowest BCUT2D eigenvalue weighted by atomic mass is 9.96. The van der Waals surface area contributed by atoms with Crippen LogP contribution in [-0.2, 0) is 14.8 Å². The lowest BCUT2D eigenvalue weighted by Crippen LogP contribution is -2.34. The number of sulfonamides is 1. The van der Waals surface area contributed by atoms with Gasteiger partial charge in [0.2, 0.25) is 15.9 Å². The molecule has 6 nitrogen and oxygen atoms in total. The van der Waals surface area contributed by atoms with Crippen molar-refractivity contribution in [1.82, 2.24) is 10.0 Å². The van der Waals surface area contributed by atoms with Crippen LogP contribution in [0.25, 0.3) is 0 Å². The summed E-state index contributed by atoms with van der Waals surface area (Å²) in [5.41, 5.74) is 5.48. The van der Waals surface area contributed by atoms with Gasteiger partial charge in [0.05, 0.1) is 6.26 Å². The van der Waals surface area contributed by atoms with Crippen LogP contribution in [0.5, 0.6) is 0 Å². The molecule has 0 fully saturated rings. The van der Waals surface area contributed by atoms with Gasteiger partial charge in [0.15, 0.2) is 0 Å². The first kappa shape index (κ1) is 17.3. The molecule has 7 heteroatoms. The largest absolute Gasteiger partial charge is 0.355 e. The summed E-state index contributed by atoms with van der Waals surface area (Å²) in [6.07, 6.45) is 4.36. The summed E-state index contributed by atoms with van der Waals surface area (Å²) in [6.45, 7) is 3.29. The van der Waals surface area contributed by atoms with Crippen molar-refractivity contribution < 1.29 is 13.2 Å². The molecule has 0 rings (SSSR count). The van der Waals surface area contributed by atoms with E-state index in [-0.39, 0.29) is 12.5 Å². The first-order valence-electron chi connectivity index (χ1n) is 6.30. The minimum atomic E-state index is -3.17. The zero-order chi connectivity index (χ0) is 14.0. The zero-order valence-electron chi connectivity index (χ0n) is 11.2. The molecule has 0 saturated carbocycles. The zero-order valence-corrected chi connectivity index (χ0v) is 12.1. The molecule has 0 bridgehead atoms. The maximum atomic E-state index is 11.5. The van der Waals surface area contributed by atoms with Crippen LogP contribution in [0.3, 0.4) is 0 Å². The highest BCUT2D eigenvalue weighted by atomic mass is 32.2. The summed E-state index contributed by atoms with van der Waals surface area (Å²) in [4.78, 5) is 11.5. The van der Waals surface area contributed by atoms with E-state index in [1.807, 2.05) is 0 Å². The van der Waals surface area contributed by atoms with Crippen LogP contribution in [0, 0.1) is 5.92 Å². The Kier molecular flexibility index (Phi) is 8.95. The van der Waals surface area contributed by atoms with Crippen molar-refractivity contribution >= 4 is 15.9 Å². The number of rotatable bonds is 10. The minimum absolute atomic E-state index is 0.0410. The van der Waals surface area contributed by atoms with Gasteiger partial charge in [-0.05, 0) is 25.3 Å². The Bertz CT molecular complexity index is 330. The van der Waals surface area contributed by atoms with E-state index in [0.29, 0.717) is 25.4 Å². The molecule has 0 heterocycles. The molecular weight excluding hydrogens is 254 g/mol. The summed E-state index contributed by atoms with van der Waals surface area (Å²) in [5.74, 6) is 0.454. The van der Waals surface area contributed by atoms with E-state index < -0.39 is 10.0 Å². The Morgan fingerprint density at radius 1 is 1.28 bits per heavy atom. The van der Waals surface area contributed by atoms with Gasteiger partial charge in [0, 0.05) is 19.5 Å². The summed E-state index contributed by atoms with van der Waals surface area (Å²) in [7, 11) is -3.17. The molecule has 0 aromatic carbocycles. The summed E-state index contributed by atoms with van der Waals surface area (Å²) < 4.78 is 23.8. The maximum Gasteiger partial charge on any atom is 0.220 e. The first-order chi connectivity index (χ1) is 8.39. The predicted octanol–water partition coefficient (Wildman–Crippen LogP) is -0.193. The molecule has 1 amide bonds. The molecule has 0 aromatic heterocycles. The van der Waals surface area contributed by atoms with Crippen molar-refractivity contribution in [2.24, 2.45) is 11.7 Å². The smallest absolute Gasteiger partial charge is 0.220 e. The molecule has 0 aromatic rings. The highest BCUT2D eigenvalue weighted by Crippen LogP contribution is 2.13. The van der Waals surface area contributed by atoms with Crippen molar-refractivity contribution in [3.05, 3.63) is 0 Å². The van der Waals surface area contributed by atoms with E-state index in [0.717, 1.165) is 25.5 Å². The molecule has 0 saturated heterocycles. The lowest BCUT2D eigenvalue weighted by Gasteiger charge is -2.13. The van der Waals surface area contributed by atoms with E-state index in [1.165, 1.54) is 0 Å². The van der Waals surface area contributed by atoms with E-state index >= 15 is 0 Å². The van der Waals surface area contributed by atoms with Crippen LogP contribution >= 0.6 is 0 Å². The maximum absolute atomic E-state index is 11.5. The van der Waals surface area contributed by atoms with Crippen LogP contribution in [0.1, 0.15) is 32.6 Å². The molecule has 1 unspecified atom stereocenters. The molecular formula is C11H25N3O3S. The number of amides is 1. The second-order valence-electron chi connectivity index (χ2n) is 4.41. The molecule has 0 aliphatic carbocycles. The molecule has 1 atom stereocenters. The Morgan fingerprint density at radius 3 is 2.44 bits per heavy atom. The molecule has 4 N–H and O–H groups in total. The SMILES string of the molecule is CCC(CCN)CCC(=O)NCCNS(C)(=O)=O. The normalized spacial score (nSPS) is 13.3. The standard InChI is InChI=1S/C11H25N3O3S/c1-3-10(6-7-12)4-5-11(15)13-8-9-14-18(2,16)17/h10,14H,3-9,12H2,1-2H3,(H,13,15). The Labute approximate surface area is 110 Å². The van der Waals surface area contributed by atoms with Crippen molar-refractivity contribution in [3.63, 3.8) is 0 Å². The van der Waals surface area contributed by atoms with Crippen LogP contribution in [0.4, 0.5) is 0 Å². The highest BCUT2D eigenvalue weighted by molar-refractivity contribution is 7.88. The number of hydrogen-bond acceptors (Lipinski definition) is 4. The fraction of sp³-hybridized carbons (Fsp3) is 0.909. The quantitative estimate of drug-likeness (QED) is 0.482. The fourth-order valence-electron chi connectivity index (χ4n) is 1.65. The van der Waals surface area contributed by atoms with Crippen molar-refractivity contribution in [1.29, 1.82) is 0 Å². The molecule has 108 valence electrons. The van der Waals surface area contributed by atoms with E-state index in [2.05, 4.69) is 17.0 Å². The monoisotopic (exact) mass is 279 g/mol. The number of carbonyl (C=O) groups is 1. The third kappa shape index (κ3) is 10.5. The average Bonchev–Trinajstić information content (AvgIpc) is 2.29. The lowest BCUT2D eigenvalue weighted by molar-refractivity contribution is -0.121. The van der Waals surface area contributed by atoms with E-state index in [1.54, 1.807) is 0 Å². The molecule has 0 aliphatic heterocycles. The van der Waals surface area contributed by atoms with E-state index in [4.69, 9.17) is 5.73 Å². The third-order valence-electron chi connectivity index (χ3n) is 2.74. The molecule has 0 aliphatic rings. The van der Waals surface area contributed by atoms with Crippen LogP contribution in [0.2, 0.25) is 0 Å². The van der Waals surface area contributed by atoms with Gasteiger partial charge in [-0.1, -0.05) is 13.3 Å². The predicted molar refractivity (Wildman–Crippen MR) is 72.5 cm³/mol. The fourth-order valence-corrected chi connectivity index (χ4v) is 2.12. The minimum Gasteiger partial charge on any atom is -0.355 e. The molecule has 18 heavy (non-hydrogen) atoms. The van der Waals surface area contributed by atoms with Gasteiger partial charge in [0.1, 0.15) is 0 Å². The van der Waals surface area contributed by atoms with Gasteiger partial charge in [-0.15, -0.1) is 0 Å².